The van der Waals surface area contributed by atoms with Gasteiger partial charge in [-0.3, -0.25) is 0 Å². The Balaban J connectivity index is 0.000000366. The third-order valence-electron chi connectivity index (χ3n) is 3.21. The molecule has 3 rings (SSSR count). The lowest BCUT2D eigenvalue weighted by Crippen LogP contribution is -1.75. The van der Waals surface area contributed by atoms with Gasteiger partial charge in [-0.25, -0.2) is 0 Å². The van der Waals surface area contributed by atoms with Crippen molar-refractivity contribution in [3.8, 4) is 0 Å². The molecule has 0 N–H and O–H groups in total. The van der Waals surface area contributed by atoms with E-state index in [9.17, 15) is 0 Å². The molecule has 0 aromatic heterocycles. The molecule has 0 atom stereocenters. The van der Waals surface area contributed by atoms with Crippen molar-refractivity contribution in [1.29, 1.82) is 0 Å². The molecule has 0 unspecified atom stereocenters. The van der Waals surface area contributed by atoms with Crippen LogP contribution in [-0.4, -0.2) is 0 Å². The quantitative estimate of drug-likeness (QED) is 0.329. The summed E-state index contributed by atoms with van der Waals surface area (Å²) in [6.45, 7) is 17.1. The van der Waals surface area contributed by atoms with Gasteiger partial charge < -0.3 is 0 Å². The number of hydrogen-bond donors (Lipinski definition) is 0. The maximum atomic E-state index is 3.66. The van der Waals surface area contributed by atoms with E-state index in [1.165, 1.54) is 16.3 Å². The highest BCUT2D eigenvalue weighted by Crippen LogP contribution is 2.11. The fourth-order valence-corrected chi connectivity index (χ4v) is 1.91. The second-order valence-corrected chi connectivity index (χ2v) is 5.27. The topological polar surface area (TPSA) is 0 Å². The second kappa shape index (κ2) is 17.4. The Kier molecular flexibility index (Phi) is 15.3. The molecule has 0 amide bonds. The molecule has 0 aliphatic carbocycles. The molecular weight excluding hydrogens is 324 g/mol. The van der Waals surface area contributed by atoms with Gasteiger partial charge in [0.2, 0.25) is 0 Å². The van der Waals surface area contributed by atoms with E-state index in [2.05, 4.69) is 93.6 Å². The first-order chi connectivity index (χ1) is 13.2. The predicted molar refractivity (Wildman–Crippen MR) is 125 cm³/mol. The second-order valence-electron chi connectivity index (χ2n) is 5.27. The highest BCUT2D eigenvalue weighted by molar-refractivity contribution is 5.81. The van der Waals surface area contributed by atoms with Gasteiger partial charge in [0.1, 0.15) is 0 Å². The van der Waals surface area contributed by atoms with Gasteiger partial charge >= 0.3 is 0 Å². The largest absolute Gasteiger partial charge is 0.103 e. The first-order valence-corrected chi connectivity index (χ1v) is 8.79. The summed E-state index contributed by atoms with van der Waals surface area (Å²) in [4.78, 5) is 0. The molecule has 0 nitrogen and oxygen atoms in total. The molecule has 0 radical (unpaired) electrons. The van der Waals surface area contributed by atoms with Crippen molar-refractivity contribution in [3.63, 3.8) is 0 Å². The van der Waals surface area contributed by atoms with Crippen molar-refractivity contribution >= 4 is 10.8 Å². The smallest absolute Gasteiger partial charge is 0.0100 e. The summed E-state index contributed by atoms with van der Waals surface area (Å²) in [5.41, 5.74) is 1.33. The monoisotopic (exact) mass is 354 g/mol. The number of benzene rings is 3. The molecule has 27 heavy (non-hydrogen) atoms. The maximum Gasteiger partial charge on any atom is -0.0100 e. The number of fused-ring (bicyclic) bond motifs is 1. The molecule has 0 bridgehead atoms. The Morgan fingerprint density at radius 1 is 0.481 bits per heavy atom. The minimum atomic E-state index is 0.973. The normalized spacial score (nSPS) is 8.15. The highest BCUT2D eigenvalue weighted by Gasteiger charge is 1.85. The van der Waals surface area contributed by atoms with E-state index in [0.29, 0.717) is 0 Å². The van der Waals surface area contributed by atoms with Gasteiger partial charge in [-0.15, -0.1) is 6.58 Å². The molecule has 0 heterocycles. The van der Waals surface area contributed by atoms with Crippen LogP contribution in [0.25, 0.3) is 10.8 Å². The summed E-state index contributed by atoms with van der Waals surface area (Å²) in [5.74, 6) is 0. The van der Waals surface area contributed by atoms with Crippen LogP contribution in [0.3, 0.4) is 0 Å². The number of allylic oxidation sites excluding steroid dienone is 5. The van der Waals surface area contributed by atoms with E-state index in [0.717, 1.165) is 6.42 Å². The molecular formula is C27H30. The third-order valence-corrected chi connectivity index (χ3v) is 3.21. The molecule has 0 heteroatoms. The van der Waals surface area contributed by atoms with Crippen LogP contribution in [0.15, 0.2) is 142 Å². The van der Waals surface area contributed by atoms with Gasteiger partial charge in [0.15, 0.2) is 0 Å². The zero-order valence-electron chi connectivity index (χ0n) is 16.1. The van der Waals surface area contributed by atoms with Crippen LogP contribution in [-0.2, 0) is 6.42 Å². The molecule has 0 spiro atoms. The molecule has 3 aromatic carbocycles. The van der Waals surface area contributed by atoms with Crippen molar-refractivity contribution < 1.29 is 0 Å². The van der Waals surface area contributed by atoms with Crippen molar-refractivity contribution in [3.05, 3.63) is 148 Å². The molecule has 0 aliphatic rings. The standard InChI is InChI=1S/C10H8.C9H10.2C4H6/c1-2-6-10-8-4-3-7-9(10)5-1;1-2-6-9-7-4-3-5-8-9;2*1-3-4-2/h1-8H;2-5,7-8H,1,6H2;2*3-4H,1-2H2. The Labute approximate surface area is 165 Å². The van der Waals surface area contributed by atoms with E-state index in [4.69, 9.17) is 0 Å². The minimum Gasteiger partial charge on any atom is -0.103 e. The number of hydrogen-bond acceptors (Lipinski definition) is 0. The average Bonchev–Trinajstić information content (AvgIpc) is 2.75. The van der Waals surface area contributed by atoms with Gasteiger partial charge in [-0.2, -0.15) is 0 Å². The summed E-state index contributed by atoms with van der Waals surface area (Å²) in [6.07, 6.45) is 9.44. The van der Waals surface area contributed by atoms with Crippen LogP contribution in [0.1, 0.15) is 5.56 Å². The molecule has 3 aromatic rings. The lowest BCUT2D eigenvalue weighted by atomic mass is 10.1. The summed E-state index contributed by atoms with van der Waals surface area (Å²) >= 11 is 0. The first-order valence-electron chi connectivity index (χ1n) is 8.79. The fraction of sp³-hybridized carbons (Fsp3) is 0.0370. The van der Waals surface area contributed by atoms with Crippen LogP contribution in [0.2, 0.25) is 0 Å². The van der Waals surface area contributed by atoms with E-state index < -0.39 is 0 Å². The van der Waals surface area contributed by atoms with Gasteiger partial charge in [-0.1, -0.05) is 136 Å². The zero-order valence-corrected chi connectivity index (χ0v) is 16.1. The Hall–Kier alpha value is -3.38. The lowest BCUT2D eigenvalue weighted by molar-refractivity contribution is 1.28. The predicted octanol–water partition coefficient (Wildman–Crippen LogP) is 7.97. The fourth-order valence-electron chi connectivity index (χ4n) is 1.91. The van der Waals surface area contributed by atoms with Crippen LogP contribution in [0.5, 0.6) is 0 Å². The summed E-state index contributed by atoms with van der Waals surface area (Å²) in [7, 11) is 0. The molecule has 0 fully saturated rings. The Morgan fingerprint density at radius 2 is 0.815 bits per heavy atom. The third kappa shape index (κ3) is 12.6. The van der Waals surface area contributed by atoms with E-state index in [1.54, 1.807) is 24.3 Å². The van der Waals surface area contributed by atoms with Gasteiger partial charge in [0.05, 0.1) is 0 Å². The van der Waals surface area contributed by atoms with Crippen LogP contribution < -0.4 is 0 Å². The van der Waals surface area contributed by atoms with E-state index in [1.807, 2.05) is 24.3 Å². The summed E-state index contributed by atoms with van der Waals surface area (Å²) in [5, 5.41) is 2.62. The van der Waals surface area contributed by atoms with Gasteiger partial charge in [-0.05, 0) is 22.8 Å². The lowest BCUT2D eigenvalue weighted by Gasteiger charge is -1.92. The van der Waals surface area contributed by atoms with Crippen LogP contribution >= 0.6 is 0 Å². The van der Waals surface area contributed by atoms with Crippen LogP contribution in [0, 0.1) is 0 Å². The molecule has 0 aliphatic heterocycles. The van der Waals surface area contributed by atoms with Crippen LogP contribution in [0.4, 0.5) is 0 Å². The van der Waals surface area contributed by atoms with E-state index in [-0.39, 0.29) is 0 Å². The average molecular weight is 355 g/mol. The van der Waals surface area contributed by atoms with Crippen molar-refractivity contribution in [1.82, 2.24) is 0 Å². The van der Waals surface area contributed by atoms with Crippen molar-refractivity contribution in [2.45, 2.75) is 6.42 Å². The minimum absolute atomic E-state index is 0.973. The first kappa shape index (κ1) is 23.6. The Bertz CT molecular complexity index is 705. The van der Waals surface area contributed by atoms with Gasteiger partial charge in [0, 0.05) is 0 Å². The van der Waals surface area contributed by atoms with Gasteiger partial charge in [0.25, 0.3) is 0 Å². The molecule has 138 valence electrons. The molecule has 0 saturated carbocycles. The summed E-state index contributed by atoms with van der Waals surface area (Å²) < 4.78 is 0. The zero-order chi connectivity index (χ0) is 20.2. The number of rotatable bonds is 4. The van der Waals surface area contributed by atoms with E-state index >= 15 is 0 Å². The van der Waals surface area contributed by atoms with Crippen molar-refractivity contribution in [2.75, 3.05) is 0 Å². The summed E-state index contributed by atoms with van der Waals surface area (Å²) in [6, 6.07) is 27.0. The Morgan fingerprint density at radius 3 is 1.11 bits per heavy atom. The SMILES string of the molecule is C=CC=C.C=CC=C.C=CCc1ccccc1.c1ccc2ccccc2c1. The van der Waals surface area contributed by atoms with Crippen molar-refractivity contribution in [2.24, 2.45) is 0 Å². The maximum absolute atomic E-state index is 3.66. The highest BCUT2D eigenvalue weighted by atomic mass is 13.9. The molecule has 0 saturated heterocycles.